The number of aromatic nitrogens is 4. The summed E-state index contributed by atoms with van der Waals surface area (Å²) in [6.07, 6.45) is 6.06. The Morgan fingerprint density at radius 1 is 0.591 bits per heavy atom. The highest BCUT2D eigenvalue weighted by Crippen LogP contribution is 2.41. The van der Waals surface area contributed by atoms with E-state index in [-0.39, 0.29) is 0 Å². The first-order chi connectivity index (χ1) is 21.7. The van der Waals surface area contributed by atoms with Gasteiger partial charge in [0.2, 0.25) is 0 Å². The molecule has 0 aliphatic heterocycles. The Bertz CT molecular complexity index is 2590. The number of nitrogens with zero attached hydrogens (tertiary/aromatic N) is 4. The third-order valence-electron chi connectivity index (χ3n) is 8.98. The van der Waals surface area contributed by atoms with Crippen LogP contribution in [0.3, 0.4) is 0 Å². The Morgan fingerprint density at radius 3 is 1.89 bits per heavy atom. The van der Waals surface area contributed by atoms with Crippen LogP contribution in [0.2, 0.25) is 0 Å². The molecule has 0 atom stereocenters. The summed E-state index contributed by atoms with van der Waals surface area (Å²) < 4.78 is 2.43. The lowest BCUT2D eigenvalue weighted by molar-refractivity contribution is 0.780. The summed E-state index contributed by atoms with van der Waals surface area (Å²) in [5, 5.41) is 22.1. The normalized spacial score (nSPS) is 12.8. The summed E-state index contributed by atoms with van der Waals surface area (Å²) in [5.74, 6) is 0. The predicted molar refractivity (Wildman–Crippen MR) is 187 cm³/mol. The van der Waals surface area contributed by atoms with Crippen LogP contribution in [0.1, 0.15) is 13.8 Å². The van der Waals surface area contributed by atoms with Gasteiger partial charge in [0.1, 0.15) is 11.0 Å². The molecule has 0 fully saturated rings. The highest BCUT2D eigenvalue weighted by atomic mass is 15.5. The minimum atomic E-state index is 0.887. The molecule has 9 rings (SSSR count). The zero-order valence-electron chi connectivity index (χ0n) is 24.5. The number of rotatable bonds is 3. The van der Waals surface area contributed by atoms with Crippen molar-refractivity contribution in [1.29, 1.82) is 0 Å². The van der Waals surface area contributed by atoms with Gasteiger partial charge in [-0.05, 0) is 88.0 Å². The van der Waals surface area contributed by atoms with Crippen molar-refractivity contribution in [2.24, 2.45) is 0 Å². The monoisotopic (exact) mass is 564 g/mol. The van der Waals surface area contributed by atoms with Gasteiger partial charge in [-0.2, -0.15) is 4.80 Å². The highest BCUT2D eigenvalue weighted by molar-refractivity contribution is 6.28. The quantitative estimate of drug-likeness (QED) is 0.158. The van der Waals surface area contributed by atoms with Crippen LogP contribution in [-0.4, -0.2) is 19.6 Å². The molecule has 0 unspecified atom stereocenters. The third kappa shape index (κ3) is 3.51. The van der Waals surface area contributed by atoms with Crippen LogP contribution in [0.25, 0.3) is 87.3 Å². The van der Waals surface area contributed by atoms with Crippen LogP contribution in [-0.2, 0) is 0 Å². The summed E-state index contributed by atoms with van der Waals surface area (Å²) in [6, 6.07) is 42.0. The van der Waals surface area contributed by atoms with E-state index in [9.17, 15) is 0 Å². The van der Waals surface area contributed by atoms with Crippen molar-refractivity contribution in [2.75, 3.05) is 0 Å². The van der Waals surface area contributed by atoms with E-state index in [1.54, 1.807) is 4.80 Å². The average Bonchev–Trinajstić information content (AvgIpc) is 3.67. The molecule has 0 saturated carbocycles. The van der Waals surface area contributed by atoms with E-state index in [1.165, 1.54) is 54.1 Å². The van der Waals surface area contributed by atoms with Gasteiger partial charge in [0.25, 0.3) is 0 Å². The summed E-state index contributed by atoms with van der Waals surface area (Å²) in [6.45, 7) is 4.04. The molecule has 208 valence electrons. The zero-order chi connectivity index (χ0) is 29.4. The first kappa shape index (κ1) is 24.8. The van der Waals surface area contributed by atoms with E-state index in [0.717, 1.165) is 33.2 Å². The van der Waals surface area contributed by atoms with Gasteiger partial charge < -0.3 is 4.57 Å². The number of fused-ring (bicyclic) bond motifs is 12. The van der Waals surface area contributed by atoms with Crippen LogP contribution in [0, 0.1) is 0 Å². The zero-order valence-corrected chi connectivity index (χ0v) is 24.5. The number of hydrogen-bond acceptors (Lipinski definition) is 2. The molecule has 44 heavy (non-hydrogen) atoms. The lowest BCUT2D eigenvalue weighted by Crippen LogP contribution is -1.97. The Kier molecular flexibility index (Phi) is 5.29. The van der Waals surface area contributed by atoms with E-state index in [0.29, 0.717) is 0 Å². The second-order valence-corrected chi connectivity index (χ2v) is 11.5. The SMILES string of the molecule is C/C=C\C=C(/C)n1nc2ccc3ccc4ccc(-n5c6ccc7ccccc7c6c6c7ccccc7ccc65)cc4c3c2n1. The molecule has 0 spiro atoms. The third-order valence-corrected chi connectivity index (χ3v) is 8.98. The fraction of sp³-hybridized carbons (Fsp3) is 0.0500. The van der Waals surface area contributed by atoms with Gasteiger partial charge in [-0.3, -0.25) is 0 Å². The van der Waals surface area contributed by atoms with Crippen molar-refractivity contribution in [2.45, 2.75) is 13.8 Å². The minimum Gasteiger partial charge on any atom is -0.309 e. The molecule has 0 amide bonds. The van der Waals surface area contributed by atoms with Crippen LogP contribution in [0.4, 0.5) is 0 Å². The lowest BCUT2D eigenvalue weighted by Gasteiger charge is -2.11. The molecule has 0 aliphatic rings. The second kappa shape index (κ2) is 9.38. The molecule has 7 aromatic carbocycles. The summed E-state index contributed by atoms with van der Waals surface area (Å²) in [4.78, 5) is 1.75. The van der Waals surface area contributed by atoms with Crippen molar-refractivity contribution in [3.63, 3.8) is 0 Å². The first-order valence-corrected chi connectivity index (χ1v) is 15.1. The van der Waals surface area contributed by atoms with Gasteiger partial charge in [-0.1, -0.05) is 97.1 Å². The van der Waals surface area contributed by atoms with Crippen molar-refractivity contribution in [1.82, 2.24) is 19.6 Å². The summed E-state index contributed by atoms with van der Waals surface area (Å²) >= 11 is 0. The van der Waals surface area contributed by atoms with E-state index in [2.05, 4.69) is 120 Å². The topological polar surface area (TPSA) is 35.6 Å². The molecular weight excluding hydrogens is 536 g/mol. The molecule has 2 aromatic heterocycles. The maximum Gasteiger partial charge on any atom is 0.122 e. The summed E-state index contributed by atoms with van der Waals surface area (Å²) in [5.41, 5.74) is 6.31. The standard InChI is InChI=1S/C40H28N4/c1-3-4-9-25(2)44-41-34-21-17-29-15-14-28-16-20-30(24-33(28)37(29)40(34)42-44)43-35-22-18-26-10-5-7-12-31(26)38(35)39-32-13-8-6-11-27(32)19-23-36(39)43/h3-24H,1-2H3/b4-3-,25-9+. The van der Waals surface area contributed by atoms with Gasteiger partial charge in [0.15, 0.2) is 0 Å². The second-order valence-electron chi connectivity index (χ2n) is 11.5. The maximum absolute atomic E-state index is 5.00. The number of allylic oxidation sites excluding steroid dienone is 4. The summed E-state index contributed by atoms with van der Waals surface area (Å²) in [7, 11) is 0. The first-order valence-electron chi connectivity index (χ1n) is 15.1. The van der Waals surface area contributed by atoms with Crippen LogP contribution < -0.4 is 0 Å². The number of benzene rings is 7. The molecular formula is C40H28N4. The van der Waals surface area contributed by atoms with Crippen LogP contribution >= 0.6 is 0 Å². The number of hydrogen-bond donors (Lipinski definition) is 0. The lowest BCUT2D eigenvalue weighted by atomic mass is 10.00. The molecule has 0 N–H and O–H groups in total. The largest absolute Gasteiger partial charge is 0.309 e. The fourth-order valence-corrected chi connectivity index (χ4v) is 6.93. The van der Waals surface area contributed by atoms with E-state index < -0.39 is 0 Å². The van der Waals surface area contributed by atoms with Gasteiger partial charge >= 0.3 is 0 Å². The van der Waals surface area contributed by atoms with Gasteiger partial charge in [0, 0.05) is 21.8 Å². The van der Waals surface area contributed by atoms with Crippen molar-refractivity contribution < 1.29 is 0 Å². The van der Waals surface area contributed by atoms with Crippen LogP contribution in [0.15, 0.2) is 133 Å². The van der Waals surface area contributed by atoms with E-state index in [1.807, 2.05) is 32.1 Å². The smallest absolute Gasteiger partial charge is 0.122 e. The molecule has 0 aliphatic carbocycles. The Balaban J connectivity index is 1.39. The molecule has 0 saturated heterocycles. The van der Waals surface area contributed by atoms with Crippen LogP contribution in [0.5, 0.6) is 0 Å². The Hall–Kier alpha value is -5.74. The average molecular weight is 565 g/mol. The van der Waals surface area contributed by atoms with Crippen molar-refractivity contribution in [3.05, 3.63) is 133 Å². The Labute approximate surface area is 253 Å². The van der Waals surface area contributed by atoms with Crippen molar-refractivity contribution >= 4 is 81.6 Å². The van der Waals surface area contributed by atoms with Gasteiger partial charge in [0.05, 0.1) is 16.7 Å². The molecule has 2 heterocycles. The van der Waals surface area contributed by atoms with Crippen molar-refractivity contribution in [3.8, 4) is 5.69 Å². The molecule has 0 bridgehead atoms. The molecule has 0 radical (unpaired) electrons. The van der Waals surface area contributed by atoms with Gasteiger partial charge in [-0.25, -0.2) is 0 Å². The molecule has 9 aromatic rings. The maximum atomic E-state index is 5.00. The minimum absolute atomic E-state index is 0.887. The Morgan fingerprint density at radius 2 is 1.18 bits per heavy atom. The highest BCUT2D eigenvalue weighted by Gasteiger charge is 2.18. The molecule has 4 heteroatoms. The van der Waals surface area contributed by atoms with E-state index in [4.69, 9.17) is 10.2 Å². The predicted octanol–water partition coefficient (Wildman–Crippen LogP) is 10.6. The molecule has 4 nitrogen and oxygen atoms in total. The van der Waals surface area contributed by atoms with Gasteiger partial charge in [-0.15, -0.1) is 10.2 Å². The van der Waals surface area contributed by atoms with E-state index >= 15 is 0 Å². The fourth-order valence-electron chi connectivity index (χ4n) is 6.93.